The maximum absolute atomic E-state index is 12.9. The van der Waals surface area contributed by atoms with Crippen molar-refractivity contribution in [1.82, 2.24) is 0 Å². The van der Waals surface area contributed by atoms with E-state index in [1.54, 1.807) is 24.3 Å². The number of carbonyl (C=O) groups excluding carboxylic acids is 1. The van der Waals surface area contributed by atoms with Crippen molar-refractivity contribution in [3.05, 3.63) is 94.5 Å². The third kappa shape index (κ3) is 5.07. The summed E-state index contributed by atoms with van der Waals surface area (Å²) >= 11 is 5.96. The summed E-state index contributed by atoms with van der Waals surface area (Å²) in [7, 11) is 0. The minimum Gasteiger partial charge on any atom is -1.00 e. The van der Waals surface area contributed by atoms with Crippen LogP contribution in [-0.2, 0) is 12.0 Å². The van der Waals surface area contributed by atoms with Gasteiger partial charge in [-0.25, -0.2) is 0 Å². The minimum absolute atomic E-state index is 0. The van der Waals surface area contributed by atoms with Crippen molar-refractivity contribution in [3.63, 3.8) is 0 Å². The van der Waals surface area contributed by atoms with E-state index in [9.17, 15) is 4.79 Å². The fourth-order valence-electron chi connectivity index (χ4n) is 4.10. The SMILES string of the molecule is CC(C)(C)c1ccc(C[NH+]2c3ccccc3N(CC(=O)c3ccc(Cl)cc3)C2N)cc1.[Br-]. The van der Waals surface area contributed by atoms with Gasteiger partial charge in [-0.05, 0) is 41.3 Å². The summed E-state index contributed by atoms with van der Waals surface area (Å²) in [4.78, 5) is 16.1. The van der Waals surface area contributed by atoms with Crippen LogP contribution in [0.2, 0.25) is 5.02 Å². The minimum atomic E-state index is -0.337. The lowest BCUT2D eigenvalue weighted by atomic mass is 9.87. The molecule has 3 N–H and O–H groups in total. The lowest BCUT2D eigenvalue weighted by Crippen LogP contribution is -3.12. The normalized spacial score (nSPS) is 17.6. The Balaban J connectivity index is 0.00000289. The molecular weight excluding hydrogens is 486 g/mol. The Morgan fingerprint density at radius 3 is 2.25 bits per heavy atom. The van der Waals surface area contributed by atoms with Crippen molar-refractivity contribution in [2.75, 3.05) is 11.4 Å². The highest BCUT2D eigenvalue weighted by atomic mass is 79.9. The molecular formula is C26H29BrClN3O. The zero-order chi connectivity index (χ0) is 22.2. The lowest BCUT2D eigenvalue weighted by Gasteiger charge is -2.25. The van der Waals surface area contributed by atoms with E-state index in [0.29, 0.717) is 10.6 Å². The molecule has 0 bridgehead atoms. The van der Waals surface area contributed by atoms with Crippen LogP contribution >= 0.6 is 11.6 Å². The molecule has 1 aliphatic rings. The third-order valence-corrected chi connectivity index (χ3v) is 6.20. The van der Waals surface area contributed by atoms with Crippen LogP contribution in [0.1, 0.15) is 42.3 Å². The molecule has 168 valence electrons. The number of hydrogen-bond donors (Lipinski definition) is 2. The molecule has 0 saturated carbocycles. The first-order valence-corrected chi connectivity index (χ1v) is 11.0. The smallest absolute Gasteiger partial charge is 0.224 e. The van der Waals surface area contributed by atoms with E-state index in [4.69, 9.17) is 17.3 Å². The second-order valence-corrected chi connectivity index (χ2v) is 9.61. The monoisotopic (exact) mass is 513 g/mol. The van der Waals surface area contributed by atoms with Gasteiger partial charge in [0.05, 0.1) is 6.54 Å². The highest BCUT2D eigenvalue weighted by Gasteiger charge is 2.39. The van der Waals surface area contributed by atoms with Gasteiger partial charge in [-0.2, -0.15) is 0 Å². The number of nitrogens with two attached hydrogens (primary N) is 1. The van der Waals surface area contributed by atoms with E-state index >= 15 is 0 Å². The van der Waals surface area contributed by atoms with Gasteiger partial charge in [0.25, 0.3) is 0 Å². The second-order valence-electron chi connectivity index (χ2n) is 9.17. The molecule has 0 radical (unpaired) electrons. The largest absolute Gasteiger partial charge is 1.00 e. The van der Waals surface area contributed by atoms with Gasteiger partial charge in [0, 0.05) is 22.2 Å². The van der Waals surface area contributed by atoms with E-state index in [-0.39, 0.29) is 41.0 Å². The van der Waals surface area contributed by atoms with Gasteiger partial charge >= 0.3 is 0 Å². The van der Waals surface area contributed by atoms with Gasteiger partial charge in [0.15, 0.2) is 11.5 Å². The number of ketones is 1. The number of nitrogens with zero attached hydrogens (tertiary/aromatic N) is 1. The summed E-state index contributed by atoms with van der Waals surface area (Å²) in [6, 6.07) is 23.9. The molecule has 32 heavy (non-hydrogen) atoms. The van der Waals surface area contributed by atoms with E-state index < -0.39 is 0 Å². The Kier molecular flexibility index (Phi) is 7.46. The molecule has 4 rings (SSSR count). The number of nitrogens with one attached hydrogen (secondary N) is 1. The standard InChI is InChI=1S/C26H28ClN3O.BrH/c1-26(2,3)20-12-8-18(9-13-20)16-29-22-6-4-5-7-23(22)30(25(29)28)17-24(31)19-10-14-21(27)15-11-19;/h4-15,25H,16-17,28H2,1-3H3;1H. The molecule has 3 aromatic rings. The lowest BCUT2D eigenvalue weighted by molar-refractivity contribution is -0.867. The molecule has 1 heterocycles. The van der Waals surface area contributed by atoms with Crippen molar-refractivity contribution < 1.29 is 26.7 Å². The maximum atomic E-state index is 12.9. The van der Waals surface area contributed by atoms with Crippen molar-refractivity contribution in [2.24, 2.45) is 5.73 Å². The first-order chi connectivity index (χ1) is 14.7. The van der Waals surface area contributed by atoms with Gasteiger partial charge < -0.3 is 17.0 Å². The summed E-state index contributed by atoms with van der Waals surface area (Å²) in [5.41, 5.74) is 12.1. The number of hydrogen-bond acceptors (Lipinski definition) is 3. The number of rotatable bonds is 5. The molecule has 0 saturated heterocycles. The topological polar surface area (TPSA) is 50.8 Å². The van der Waals surface area contributed by atoms with Crippen LogP contribution in [0.5, 0.6) is 0 Å². The van der Waals surface area contributed by atoms with Crippen molar-refractivity contribution in [2.45, 2.75) is 39.0 Å². The van der Waals surface area contributed by atoms with Crippen LogP contribution in [-0.4, -0.2) is 18.6 Å². The molecule has 3 aromatic carbocycles. The van der Waals surface area contributed by atoms with E-state index in [0.717, 1.165) is 22.8 Å². The Morgan fingerprint density at radius 2 is 1.62 bits per heavy atom. The predicted molar refractivity (Wildman–Crippen MR) is 127 cm³/mol. The highest BCUT2D eigenvalue weighted by molar-refractivity contribution is 6.30. The number of fused-ring (bicyclic) bond motifs is 1. The Labute approximate surface area is 205 Å². The summed E-state index contributed by atoms with van der Waals surface area (Å²) in [5.74, 6) is 0.0256. The Bertz CT molecular complexity index is 1080. The molecule has 0 amide bonds. The number of benzene rings is 3. The first kappa shape index (κ1) is 24.5. The second kappa shape index (κ2) is 9.75. The molecule has 0 fully saturated rings. The van der Waals surface area contributed by atoms with Gasteiger partial charge in [0.1, 0.15) is 12.2 Å². The number of anilines is 1. The van der Waals surface area contributed by atoms with Gasteiger partial charge in [-0.15, -0.1) is 0 Å². The molecule has 6 heteroatoms. The number of quaternary nitrogens is 1. The van der Waals surface area contributed by atoms with Gasteiger partial charge in [0.2, 0.25) is 6.29 Å². The number of para-hydroxylation sites is 2. The fraction of sp³-hybridized carbons (Fsp3) is 0.269. The van der Waals surface area contributed by atoms with Crippen LogP contribution in [0.15, 0.2) is 72.8 Å². The van der Waals surface area contributed by atoms with Crippen LogP contribution in [0.4, 0.5) is 11.4 Å². The van der Waals surface area contributed by atoms with E-state index in [2.05, 4.69) is 51.1 Å². The quantitative estimate of drug-likeness (QED) is 0.505. The van der Waals surface area contributed by atoms with Crippen molar-refractivity contribution in [3.8, 4) is 0 Å². The third-order valence-electron chi connectivity index (χ3n) is 5.95. The van der Waals surface area contributed by atoms with E-state index in [1.165, 1.54) is 11.1 Å². The summed E-state index contributed by atoms with van der Waals surface area (Å²) in [5, 5.41) is 0.618. The highest BCUT2D eigenvalue weighted by Crippen LogP contribution is 2.29. The van der Waals surface area contributed by atoms with Gasteiger partial charge in [-0.3, -0.25) is 20.3 Å². The summed E-state index contributed by atoms with van der Waals surface area (Å²) in [6.07, 6.45) is -0.337. The maximum Gasteiger partial charge on any atom is 0.224 e. The van der Waals surface area contributed by atoms with Crippen molar-refractivity contribution in [1.29, 1.82) is 0 Å². The molecule has 0 aromatic heterocycles. The summed E-state index contributed by atoms with van der Waals surface area (Å²) in [6.45, 7) is 7.64. The van der Waals surface area contributed by atoms with Crippen molar-refractivity contribution >= 4 is 28.8 Å². The number of carbonyl (C=O) groups is 1. The molecule has 4 nitrogen and oxygen atoms in total. The first-order valence-electron chi connectivity index (χ1n) is 10.6. The van der Waals surface area contributed by atoms with Crippen LogP contribution in [0.3, 0.4) is 0 Å². The molecule has 2 atom stereocenters. The van der Waals surface area contributed by atoms with Crippen LogP contribution < -0.4 is 32.5 Å². The summed E-state index contributed by atoms with van der Waals surface area (Å²) < 4.78 is 0. The molecule has 0 spiro atoms. The molecule has 2 unspecified atom stereocenters. The average molecular weight is 515 g/mol. The van der Waals surface area contributed by atoms with Crippen LogP contribution in [0.25, 0.3) is 0 Å². The fourth-order valence-corrected chi connectivity index (χ4v) is 4.23. The number of Topliss-reactive ketones (excluding diaryl/α,β-unsaturated/α-hetero) is 1. The average Bonchev–Trinajstić information content (AvgIpc) is 3.00. The van der Waals surface area contributed by atoms with Gasteiger partial charge in [-0.1, -0.05) is 68.8 Å². The zero-order valence-corrected chi connectivity index (χ0v) is 21.0. The van der Waals surface area contributed by atoms with E-state index in [1.807, 2.05) is 23.1 Å². The molecule has 0 aliphatic carbocycles. The zero-order valence-electron chi connectivity index (χ0n) is 18.6. The van der Waals surface area contributed by atoms with Crippen LogP contribution in [0, 0.1) is 0 Å². The molecule has 1 aliphatic heterocycles. The predicted octanol–water partition coefficient (Wildman–Crippen LogP) is 1.30. The number of halogens is 2. The Morgan fingerprint density at radius 1 is 1.00 bits per heavy atom. The Hall–Kier alpha value is -2.18.